The van der Waals surface area contributed by atoms with Crippen LogP contribution < -0.4 is 5.32 Å². The van der Waals surface area contributed by atoms with Crippen molar-refractivity contribution in [3.63, 3.8) is 0 Å². The van der Waals surface area contributed by atoms with Crippen molar-refractivity contribution in [1.82, 2.24) is 24.6 Å². The molecule has 0 atom stereocenters. The predicted molar refractivity (Wildman–Crippen MR) is 80.3 cm³/mol. The van der Waals surface area contributed by atoms with Crippen LogP contribution in [0.4, 0.5) is 15.9 Å². The standard InChI is InChI=1S/C15H11FN6/c16-10-9-17-7-5-11(10)19-15-13-4-2-8-22(13)21-14(20-15)12-3-1-6-18-12/h1-9,18H,(H,17,19,20,21). The van der Waals surface area contributed by atoms with Crippen molar-refractivity contribution in [1.29, 1.82) is 0 Å². The first-order chi connectivity index (χ1) is 10.8. The first-order valence-electron chi connectivity index (χ1n) is 6.67. The summed E-state index contributed by atoms with van der Waals surface area (Å²) < 4.78 is 15.5. The molecule has 0 radical (unpaired) electrons. The molecule has 4 rings (SSSR count). The van der Waals surface area contributed by atoms with Gasteiger partial charge in [0.1, 0.15) is 5.52 Å². The van der Waals surface area contributed by atoms with E-state index < -0.39 is 5.82 Å². The highest BCUT2D eigenvalue weighted by Gasteiger charge is 2.11. The summed E-state index contributed by atoms with van der Waals surface area (Å²) in [5.41, 5.74) is 1.86. The van der Waals surface area contributed by atoms with E-state index in [1.54, 1.807) is 16.8 Å². The zero-order valence-corrected chi connectivity index (χ0v) is 11.4. The van der Waals surface area contributed by atoms with Crippen LogP contribution in [0.5, 0.6) is 0 Å². The molecule has 4 heterocycles. The Bertz CT molecular complexity index is 928. The zero-order chi connectivity index (χ0) is 14.9. The quantitative estimate of drug-likeness (QED) is 0.609. The van der Waals surface area contributed by atoms with Gasteiger partial charge in [0.05, 0.1) is 17.6 Å². The van der Waals surface area contributed by atoms with Gasteiger partial charge in [-0.25, -0.2) is 13.9 Å². The summed E-state index contributed by atoms with van der Waals surface area (Å²) in [6.07, 6.45) is 6.30. The van der Waals surface area contributed by atoms with Gasteiger partial charge in [-0.15, -0.1) is 5.10 Å². The molecule has 0 spiro atoms. The van der Waals surface area contributed by atoms with Crippen LogP contribution in [-0.2, 0) is 0 Å². The minimum absolute atomic E-state index is 0.314. The SMILES string of the molecule is Fc1cnccc1Nc1nc(-c2ccc[nH]2)nn2cccc12. The Balaban J connectivity index is 1.85. The van der Waals surface area contributed by atoms with Crippen molar-refractivity contribution in [2.24, 2.45) is 0 Å². The van der Waals surface area contributed by atoms with Gasteiger partial charge < -0.3 is 10.3 Å². The first-order valence-corrected chi connectivity index (χ1v) is 6.67. The number of nitrogens with one attached hydrogen (secondary N) is 2. The molecule has 0 aromatic carbocycles. The summed E-state index contributed by atoms with van der Waals surface area (Å²) in [6.45, 7) is 0. The Morgan fingerprint density at radius 1 is 1.18 bits per heavy atom. The van der Waals surface area contributed by atoms with Crippen LogP contribution in [0.1, 0.15) is 0 Å². The molecule has 0 aliphatic heterocycles. The van der Waals surface area contributed by atoms with Crippen LogP contribution in [-0.4, -0.2) is 24.6 Å². The van der Waals surface area contributed by atoms with Crippen LogP contribution in [0.15, 0.2) is 55.1 Å². The number of pyridine rings is 1. The summed E-state index contributed by atoms with van der Waals surface area (Å²) in [5, 5.41) is 7.43. The van der Waals surface area contributed by atoms with Gasteiger partial charge in [0.15, 0.2) is 17.5 Å². The fraction of sp³-hybridized carbons (Fsp3) is 0. The van der Waals surface area contributed by atoms with Gasteiger partial charge in [-0.05, 0) is 30.3 Å². The molecule has 0 saturated heterocycles. The Morgan fingerprint density at radius 2 is 2.14 bits per heavy atom. The first kappa shape index (κ1) is 12.5. The second-order valence-corrected chi connectivity index (χ2v) is 4.69. The van der Waals surface area contributed by atoms with E-state index >= 15 is 0 Å². The van der Waals surface area contributed by atoms with Crippen molar-refractivity contribution >= 4 is 17.0 Å². The highest BCUT2D eigenvalue weighted by atomic mass is 19.1. The van der Waals surface area contributed by atoms with E-state index in [2.05, 4.69) is 25.4 Å². The lowest BCUT2D eigenvalue weighted by molar-refractivity contribution is 0.625. The smallest absolute Gasteiger partial charge is 0.198 e. The number of nitrogens with zero attached hydrogens (tertiary/aromatic N) is 4. The van der Waals surface area contributed by atoms with Crippen molar-refractivity contribution in [2.45, 2.75) is 0 Å². The zero-order valence-electron chi connectivity index (χ0n) is 11.4. The Hall–Kier alpha value is -3.22. The third-order valence-electron chi connectivity index (χ3n) is 3.26. The molecule has 4 aromatic rings. The van der Waals surface area contributed by atoms with E-state index in [4.69, 9.17) is 0 Å². The third kappa shape index (κ3) is 2.08. The van der Waals surface area contributed by atoms with Gasteiger partial charge in [0.2, 0.25) is 0 Å². The van der Waals surface area contributed by atoms with Crippen LogP contribution in [0.25, 0.3) is 17.0 Å². The third-order valence-corrected chi connectivity index (χ3v) is 3.26. The van der Waals surface area contributed by atoms with Crippen molar-refractivity contribution in [3.05, 3.63) is 60.9 Å². The number of hydrogen-bond donors (Lipinski definition) is 2. The fourth-order valence-electron chi connectivity index (χ4n) is 2.21. The number of H-pyrrole nitrogens is 1. The van der Waals surface area contributed by atoms with Crippen molar-refractivity contribution in [3.8, 4) is 11.5 Å². The van der Waals surface area contributed by atoms with Crippen molar-refractivity contribution in [2.75, 3.05) is 5.32 Å². The molecule has 0 amide bonds. The second-order valence-electron chi connectivity index (χ2n) is 4.69. The largest absolute Gasteiger partial charge is 0.359 e. The highest BCUT2D eigenvalue weighted by molar-refractivity contribution is 5.74. The number of rotatable bonds is 3. The molecule has 4 aromatic heterocycles. The lowest BCUT2D eigenvalue weighted by atomic mass is 10.3. The summed E-state index contributed by atoms with van der Waals surface area (Å²) >= 11 is 0. The molecule has 0 aliphatic rings. The Kier molecular flexibility index (Phi) is 2.82. The van der Waals surface area contributed by atoms with Crippen LogP contribution in [0.2, 0.25) is 0 Å². The van der Waals surface area contributed by atoms with E-state index in [0.29, 0.717) is 17.3 Å². The lowest BCUT2D eigenvalue weighted by Crippen LogP contribution is -2.04. The van der Waals surface area contributed by atoms with Gasteiger partial charge in [0, 0.05) is 18.6 Å². The second kappa shape index (κ2) is 4.96. The minimum atomic E-state index is -0.438. The molecular weight excluding hydrogens is 283 g/mol. The van der Waals surface area contributed by atoms with Crippen LogP contribution >= 0.6 is 0 Å². The number of anilines is 2. The number of aromatic nitrogens is 5. The molecule has 22 heavy (non-hydrogen) atoms. The molecule has 2 N–H and O–H groups in total. The normalized spacial score (nSPS) is 11.0. The summed E-state index contributed by atoms with van der Waals surface area (Å²) in [7, 11) is 0. The van der Waals surface area contributed by atoms with Crippen LogP contribution in [0.3, 0.4) is 0 Å². The predicted octanol–water partition coefficient (Wildman–Crippen LogP) is 3.00. The van der Waals surface area contributed by atoms with Crippen molar-refractivity contribution < 1.29 is 4.39 Å². The summed E-state index contributed by atoms with van der Waals surface area (Å²) in [6, 6.07) is 9.03. The number of hydrogen-bond acceptors (Lipinski definition) is 4. The molecule has 0 aliphatic carbocycles. The van der Waals surface area contributed by atoms with Gasteiger partial charge >= 0.3 is 0 Å². The van der Waals surface area contributed by atoms with E-state index in [-0.39, 0.29) is 0 Å². The molecule has 108 valence electrons. The monoisotopic (exact) mass is 294 g/mol. The van der Waals surface area contributed by atoms with Crippen LogP contribution in [0, 0.1) is 5.82 Å². The molecule has 0 saturated carbocycles. The van der Waals surface area contributed by atoms with Gasteiger partial charge in [0.25, 0.3) is 0 Å². The molecular formula is C15H11FN6. The molecule has 0 bridgehead atoms. The summed E-state index contributed by atoms with van der Waals surface area (Å²) in [5.74, 6) is 0.604. The van der Waals surface area contributed by atoms with Gasteiger partial charge in [-0.3, -0.25) is 4.98 Å². The van der Waals surface area contributed by atoms with E-state index in [9.17, 15) is 4.39 Å². The fourth-order valence-corrected chi connectivity index (χ4v) is 2.21. The Morgan fingerprint density at radius 3 is 2.95 bits per heavy atom. The number of fused-ring (bicyclic) bond motifs is 1. The maximum atomic E-state index is 13.8. The molecule has 0 fully saturated rings. The molecule has 7 heteroatoms. The van der Waals surface area contributed by atoms with E-state index in [1.807, 2.05) is 30.5 Å². The van der Waals surface area contributed by atoms with Gasteiger partial charge in [-0.1, -0.05) is 0 Å². The Labute approximate surface area is 124 Å². The lowest BCUT2D eigenvalue weighted by Gasteiger charge is -2.09. The highest BCUT2D eigenvalue weighted by Crippen LogP contribution is 2.24. The maximum Gasteiger partial charge on any atom is 0.198 e. The average Bonchev–Trinajstić information content (AvgIpc) is 3.20. The number of halogens is 1. The topological polar surface area (TPSA) is 70.9 Å². The molecule has 6 nitrogen and oxygen atoms in total. The average molecular weight is 294 g/mol. The van der Waals surface area contributed by atoms with Gasteiger partial charge in [-0.2, -0.15) is 0 Å². The van der Waals surface area contributed by atoms with E-state index in [0.717, 1.165) is 17.4 Å². The van der Waals surface area contributed by atoms with E-state index in [1.165, 1.54) is 6.20 Å². The maximum absolute atomic E-state index is 13.8. The molecule has 0 unspecified atom stereocenters. The summed E-state index contributed by atoms with van der Waals surface area (Å²) in [4.78, 5) is 11.3. The minimum Gasteiger partial charge on any atom is -0.359 e. The number of aromatic amines is 1.